The van der Waals surface area contributed by atoms with Gasteiger partial charge in [-0.25, -0.2) is 0 Å². The maximum atomic E-state index is 12.0. The van der Waals surface area contributed by atoms with E-state index in [9.17, 15) is 9.59 Å². The van der Waals surface area contributed by atoms with Gasteiger partial charge in [-0.1, -0.05) is 12.8 Å². The Balaban J connectivity index is 1.88. The number of carbonyl (C=O) groups excluding carboxylic acids is 2. The maximum Gasteiger partial charge on any atom is 0.302 e. The fourth-order valence-electron chi connectivity index (χ4n) is 4.43. The molecule has 3 rings (SSSR count). The molecule has 0 bridgehead atoms. The number of esters is 1. The summed E-state index contributed by atoms with van der Waals surface area (Å²) in [5, 5.41) is 0. The second-order valence-electron chi connectivity index (χ2n) is 5.94. The van der Waals surface area contributed by atoms with Crippen LogP contribution in [0.15, 0.2) is 0 Å². The smallest absolute Gasteiger partial charge is 0.302 e. The highest BCUT2D eigenvalue weighted by Crippen LogP contribution is 2.50. The van der Waals surface area contributed by atoms with Crippen molar-refractivity contribution in [2.24, 2.45) is 5.92 Å². The van der Waals surface area contributed by atoms with Crippen LogP contribution in [-0.2, 0) is 14.3 Å². The lowest BCUT2D eigenvalue weighted by Crippen LogP contribution is -2.61. The molecule has 18 heavy (non-hydrogen) atoms. The molecule has 2 heterocycles. The Hall–Kier alpha value is -1.06. The van der Waals surface area contributed by atoms with E-state index in [0.717, 1.165) is 32.2 Å². The minimum Gasteiger partial charge on any atom is -0.462 e. The summed E-state index contributed by atoms with van der Waals surface area (Å²) in [6, 6.07) is 0. The van der Waals surface area contributed by atoms with Gasteiger partial charge in [-0.05, 0) is 19.3 Å². The van der Waals surface area contributed by atoms with Crippen LogP contribution in [0.4, 0.5) is 0 Å². The molecular weight excluding hydrogens is 230 g/mol. The van der Waals surface area contributed by atoms with E-state index < -0.39 is 0 Å². The van der Waals surface area contributed by atoms with Crippen LogP contribution < -0.4 is 0 Å². The molecule has 0 unspecified atom stereocenters. The zero-order chi connectivity index (χ0) is 12.8. The van der Waals surface area contributed by atoms with E-state index in [4.69, 9.17) is 4.74 Å². The lowest BCUT2D eigenvalue weighted by Gasteiger charge is -2.53. The van der Waals surface area contributed by atoms with Crippen LogP contribution in [0.25, 0.3) is 0 Å². The average Bonchev–Trinajstić information content (AvgIpc) is 2.66. The molecule has 1 spiro atoms. The molecule has 3 fully saturated rings. The summed E-state index contributed by atoms with van der Waals surface area (Å²) in [5.74, 6) is 0.497. The van der Waals surface area contributed by atoms with E-state index in [0.29, 0.717) is 18.2 Å². The van der Waals surface area contributed by atoms with Crippen LogP contribution in [0.2, 0.25) is 0 Å². The van der Waals surface area contributed by atoms with Crippen molar-refractivity contribution in [2.75, 3.05) is 6.54 Å². The van der Waals surface area contributed by atoms with Gasteiger partial charge in [0.1, 0.15) is 6.10 Å². The Labute approximate surface area is 108 Å². The predicted molar refractivity (Wildman–Crippen MR) is 65.8 cm³/mol. The molecule has 2 saturated heterocycles. The molecule has 0 aromatic carbocycles. The topological polar surface area (TPSA) is 46.6 Å². The third-order valence-corrected chi connectivity index (χ3v) is 5.08. The van der Waals surface area contributed by atoms with Crippen molar-refractivity contribution in [3.8, 4) is 0 Å². The first kappa shape index (κ1) is 12.0. The van der Waals surface area contributed by atoms with Gasteiger partial charge < -0.3 is 9.64 Å². The fraction of sp³-hybridized carbons (Fsp3) is 0.857. The zero-order valence-electron chi connectivity index (χ0n) is 11.0. The molecule has 1 amide bonds. The molecule has 0 N–H and O–H groups in total. The van der Waals surface area contributed by atoms with Crippen molar-refractivity contribution < 1.29 is 14.3 Å². The Kier molecular flexibility index (Phi) is 2.83. The summed E-state index contributed by atoms with van der Waals surface area (Å²) in [6.07, 6.45) is 7.10. The number of hydrogen-bond acceptors (Lipinski definition) is 3. The molecule has 0 aromatic heterocycles. The minimum atomic E-state index is -0.182. The number of carbonyl (C=O) groups is 2. The van der Waals surface area contributed by atoms with Crippen LogP contribution in [0.1, 0.15) is 51.9 Å². The summed E-state index contributed by atoms with van der Waals surface area (Å²) in [4.78, 5) is 25.4. The Morgan fingerprint density at radius 3 is 2.94 bits per heavy atom. The van der Waals surface area contributed by atoms with E-state index in [2.05, 4.69) is 4.90 Å². The Bertz CT molecular complexity index is 381. The summed E-state index contributed by atoms with van der Waals surface area (Å²) >= 11 is 0. The number of ether oxygens (including phenoxy) is 1. The molecule has 3 aliphatic rings. The second kappa shape index (κ2) is 4.25. The van der Waals surface area contributed by atoms with Crippen molar-refractivity contribution in [3.05, 3.63) is 0 Å². The highest BCUT2D eigenvalue weighted by atomic mass is 16.5. The Morgan fingerprint density at radius 1 is 1.33 bits per heavy atom. The van der Waals surface area contributed by atoms with Crippen molar-refractivity contribution in [1.29, 1.82) is 0 Å². The molecule has 4 nitrogen and oxygen atoms in total. The molecule has 1 aliphatic carbocycles. The number of rotatable bonds is 1. The predicted octanol–water partition coefficient (Wildman–Crippen LogP) is 1.87. The van der Waals surface area contributed by atoms with Crippen molar-refractivity contribution >= 4 is 11.9 Å². The van der Waals surface area contributed by atoms with Crippen molar-refractivity contribution in [1.82, 2.24) is 4.90 Å². The molecule has 4 heteroatoms. The fourth-order valence-corrected chi connectivity index (χ4v) is 4.43. The first-order chi connectivity index (χ1) is 8.63. The first-order valence-corrected chi connectivity index (χ1v) is 7.11. The zero-order valence-corrected chi connectivity index (χ0v) is 11.0. The van der Waals surface area contributed by atoms with E-state index in [1.54, 1.807) is 0 Å². The van der Waals surface area contributed by atoms with E-state index >= 15 is 0 Å². The van der Waals surface area contributed by atoms with E-state index in [-0.39, 0.29) is 17.6 Å². The van der Waals surface area contributed by atoms with Crippen LogP contribution in [0.5, 0.6) is 0 Å². The van der Waals surface area contributed by atoms with Gasteiger partial charge in [-0.15, -0.1) is 0 Å². The van der Waals surface area contributed by atoms with Gasteiger partial charge >= 0.3 is 5.97 Å². The standard InChI is InChI=1S/C14H21NO3/c1-10(16)18-12-6-9-15-13(17)5-8-14(15)7-3-2-4-11(12)14/h11-12H,2-9H2,1H3/t11-,12+,14+/m1/s1. The van der Waals surface area contributed by atoms with Crippen molar-refractivity contribution in [3.63, 3.8) is 0 Å². The molecule has 0 radical (unpaired) electrons. The molecule has 3 atom stereocenters. The maximum absolute atomic E-state index is 12.0. The van der Waals surface area contributed by atoms with Gasteiger partial charge in [-0.2, -0.15) is 0 Å². The van der Waals surface area contributed by atoms with Crippen LogP contribution >= 0.6 is 0 Å². The lowest BCUT2D eigenvalue weighted by atomic mass is 9.66. The quantitative estimate of drug-likeness (QED) is 0.668. The van der Waals surface area contributed by atoms with Gasteiger partial charge in [0.05, 0.1) is 0 Å². The van der Waals surface area contributed by atoms with Gasteiger partial charge in [0, 0.05) is 37.8 Å². The summed E-state index contributed by atoms with van der Waals surface area (Å²) < 4.78 is 5.52. The highest BCUT2D eigenvalue weighted by molar-refractivity contribution is 5.80. The van der Waals surface area contributed by atoms with Gasteiger partial charge in [0.25, 0.3) is 0 Å². The lowest BCUT2D eigenvalue weighted by molar-refractivity contribution is -0.164. The Morgan fingerprint density at radius 2 is 2.17 bits per heavy atom. The molecule has 1 saturated carbocycles. The number of amides is 1. The number of nitrogens with zero attached hydrogens (tertiary/aromatic N) is 1. The van der Waals surface area contributed by atoms with Crippen LogP contribution in [0, 0.1) is 5.92 Å². The van der Waals surface area contributed by atoms with Gasteiger partial charge in [0.2, 0.25) is 5.91 Å². The van der Waals surface area contributed by atoms with Crippen LogP contribution in [0.3, 0.4) is 0 Å². The molecule has 100 valence electrons. The third kappa shape index (κ3) is 1.65. The SMILES string of the molecule is CC(=O)O[C@H]1CCN2C(=O)CC[C@]23CCCC[C@H]13. The highest BCUT2D eigenvalue weighted by Gasteiger charge is 2.56. The second-order valence-corrected chi connectivity index (χ2v) is 5.94. The summed E-state index contributed by atoms with van der Waals surface area (Å²) in [5.41, 5.74) is 0.0215. The number of piperidine rings is 1. The van der Waals surface area contributed by atoms with Gasteiger partial charge in [0.15, 0.2) is 0 Å². The molecular formula is C14H21NO3. The largest absolute Gasteiger partial charge is 0.462 e. The molecule has 2 aliphatic heterocycles. The van der Waals surface area contributed by atoms with Crippen LogP contribution in [-0.4, -0.2) is 35.0 Å². The van der Waals surface area contributed by atoms with E-state index in [1.165, 1.54) is 19.8 Å². The van der Waals surface area contributed by atoms with Gasteiger partial charge in [-0.3, -0.25) is 9.59 Å². The minimum absolute atomic E-state index is 0.0215. The first-order valence-electron chi connectivity index (χ1n) is 7.11. The monoisotopic (exact) mass is 251 g/mol. The summed E-state index contributed by atoms with van der Waals surface area (Å²) in [7, 11) is 0. The summed E-state index contributed by atoms with van der Waals surface area (Å²) in [6.45, 7) is 2.26. The van der Waals surface area contributed by atoms with E-state index in [1.807, 2.05) is 0 Å². The van der Waals surface area contributed by atoms with Crippen molar-refractivity contribution in [2.45, 2.75) is 63.5 Å². The average molecular weight is 251 g/mol. The third-order valence-electron chi connectivity index (χ3n) is 5.08. The molecule has 0 aromatic rings. The number of hydrogen-bond donors (Lipinski definition) is 0. The normalized spacial score (nSPS) is 39.2.